The van der Waals surface area contributed by atoms with E-state index in [1.807, 2.05) is 6.08 Å². The number of rotatable bonds is 3. The summed E-state index contributed by atoms with van der Waals surface area (Å²) < 4.78 is 0. The molecule has 0 aromatic heterocycles. The number of hydrogen-bond donors (Lipinski definition) is 0. The summed E-state index contributed by atoms with van der Waals surface area (Å²) >= 11 is 0. The molecule has 12 heavy (non-hydrogen) atoms. The quantitative estimate of drug-likeness (QED) is 0.468. The van der Waals surface area contributed by atoms with Crippen molar-refractivity contribution in [1.82, 2.24) is 0 Å². The summed E-state index contributed by atoms with van der Waals surface area (Å²) in [4.78, 5) is 4.76. The molecule has 0 heterocycles. The molecule has 1 rings (SSSR count). The minimum absolute atomic E-state index is 0.594. The molecule has 68 valence electrons. The Hall–Kier alpha value is -0.790. The first-order valence-corrected chi connectivity index (χ1v) is 4.62. The van der Waals surface area contributed by atoms with Gasteiger partial charge in [0.15, 0.2) is 0 Å². The van der Waals surface area contributed by atoms with E-state index in [0.717, 1.165) is 5.71 Å². The van der Waals surface area contributed by atoms with Gasteiger partial charge in [0, 0.05) is 5.92 Å². The van der Waals surface area contributed by atoms with Crippen LogP contribution in [-0.2, 0) is 4.84 Å². The van der Waals surface area contributed by atoms with E-state index in [-0.39, 0.29) is 0 Å². The maximum Gasteiger partial charge on any atom is 0.106 e. The van der Waals surface area contributed by atoms with Gasteiger partial charge in [-0.25, -0.2) is 0 Å². The minimum atomic E-state index is 0.594. The van der Waals surface area contributed by atoms with Crippen molar-refractivity contribution in [1.29, 1.82) is 0 Å². The molecular formula is C10H17NO. The molecule has 0 amide bonds. The van der Waals surface area contributed by atoms with E-state index in [1.54, 1.807) is 7.11 Å². The average Bonchev–Trinajstić information content (AvgIpc) is 2.15. The lowest BCUT2D eigenvalue weighted by Crippen LogP contribution is -2.15. The molecule has 0 aliphatic heterocycles. The molecule has 1 aliphatic rings. The Bertz CT molecular complexity index is 169. The summed E-state index contributed by atoms with van der Waals surface area (Å²) in [6, 6.07) is 0. The highest BCUT2D eigenvalue weighted by Gasteiger charge is 2.17. The molecule has 0 N–H and O–H groups in total. The second kappa shape index (κ2) is 4.96. The first kappa shape index (κ1) is 9.30. The number of oxime groups is 1. The maximum atomic E-state index is 4.76. The van der Waals surface area contributed by atoms with Gasteiger partial charge in [0.05, 0.1) is 5.71 Å². The molecule has 0 atom stereocenters. The predicted molar refractivity (Wildman–Crippen MR) is 51.2 cm³/mol. The first-order chi connectivity index (χ1) is 5.88. The molecule has 1 saturated carbocycles. The summed E-state index contributed by atoms with van der Waals surface area (Å²) in [5.74, 6) is 0.594. The topological polar surface area (TPSA) is 21.6 Å². The zero-order chi connectivity index (χ0) is 8.81. The van der Waals surface area contributed by atoms with Gasteiger partial charge in [-0.1, -0.05) is 31.0 Å². The Morgan fingerprint density at radius 3 is 2.58 bits per heavy atom. The summed E-state index contributed by atoms with van der Waals surface area (Å²) in [6.07, 6.45) is 8.32. The van der Waals surface area contributed by atoms with E-state index in [0.29, 0.717) is 5.92 Å². The van der Waals surface area contributed by atoms with Gasteiger partial charge in [0.1, 0.15) is 7.11 Å². The number of nitrogens with zero attached hydrogens (tertiary/aromatic N) is 1. The lowest BCUT2D eigenvalue weighted by molar-refractivity contribution is 0.210. The summed E-state index contributed by atoms with van der Waals surface area (Å²) in [6.45, 7) is 3.74. The molecule has 0 spiro atoms. The lowest BCUT2D eigenvalue weighted by atomic mass is 9.86. The first-order valence-electron chi connectivity index (χ1n) is 4.62. The predicted octanol–water partition coefficient (Wildman–Crippen LogP) is 2.76. The SMILES string of the molecule is C=C/C(=N/OC)C1CCCCC1. The fourth-order valence-electron chi connectivity index (χ4n) is 1.78. The van der Waals surface area contributed by atoms with Crippen LogP contribution in [0.2, 0.25) is 0 Å². The highest BCUT2D eigenvalue weighted by atomic mass is 16.6. The van der Waals surface area contributed by atoms with Crippen LogP contribution in [0.3, 0.4) is 0 Å². The van der Waals surface area contributed by atoms with E-state index in [9.17, 15) is 0 Å². The normalized spacial score (nSPS) is 20.6. The Labute approximate surface area is 74.3 Å². The number of hydrogen-bond acceptors (Lipinski definition) is 2. The van der Waals surface area contributed by atoms with Gasteiger partial charge in [0.25, 0.3) is 0 Å². The Kier molecular flexibility index (Phi) is 3.85. The van der Waals surface area contributed by atoms with Crippen LogP contribution < -0.4 is 0 Å². The molecule has 2 nitrogen and oxygen atoms in total. The molecule has 0 bridgehead atoms. The Balaban J connectivity index is 2.51. The zero-order valence-corrected chi connectivity index (χ0v) is 7.75. The van der Waals surface area contributed by atoms with Gasteiger partial charge in [-0.05, 0) is 18.9 Å². The molecule has 2 heteroatoms. The van der Waals surface area contributed by atoms with Gasteiger partial charge in [-0.15, -0.1) is 0 Å². The molecular weight excluding hydrogens is 150 g/mol. The van der Waals surface area contributed by atoms with E-state index in [2.05, 4.69) is 11.7 Å². The van der Waals surface area contributed by atoms with Crippen LogP contribution in [0.25, 0.3) is 0 Å². The van der Waals surface area contributed by atoms with Crippen molar-refractivity contribution in [2.75, 3.05) is 7.11 Å². The van der Waals surface area contributed by atoms with Crippen LogP contribution >= 0.6 is 0 Å². The monoisotopic (exact) mass is 167 g/mol. The fourth-order valence-corrected chi connectivity index (χ4v) is 1.78. The van der Waals surface area contributed by atoms with Crippen LogP contribution in [0, 0.1) is 5.92 Å². The molecule has 0 radical (unpaired) electrons. The van der Waals surface area contributed by atoms with Gasteiger partial charge >= 0.3 is 0 Å². The smallest absolute Gasteiger partial charge is 0.106 e. The van der Waals surface area contributed by atoms with Gasteiger partial charge in [-0.3, -0.25) is 0 Å². The lowest BCUT2D eigenvalue weighted by Gasteiger charge is -2.20. The third kappa shape index (κ3) is 2.36. The average molecular weight is 167 g/mol. The number of allylic oxidation sites excluding steroid dienone is 1. The second-order valence-electron chi connectivity index (χ2n) is 3.24. The molecule has 1 fully saturated rings. The largest absolute Gasteiger partial charge is 0.399 e. The Morgan fingerprint density at radius 1 is 1.42 bits per heavy atom. The van der Waals surface area contributed by atoms with Crippen molar-refractivity contribution in [3.8, 4) is 0 Å². The van der Waals surface area contributed by atoms with E-state index in [1.165, 1.54) is 32.1 Å². The van der Waals surface area contributed by atoms with Crippen molar-refractivity contribution in [3.63, 3.8) is 0 Å². The van der Waals surface area contributed by atoms with Crippen LogP contribution in [-0.4, -0.2) is 12.8 Å². The summed E-state index contributed by atoms with van der Waals surface area (Å²) in [5.41, 5.74) is 1.03. The van der Waals surface area contributed by atoms with Crippen LogP contribution in [0.5, 0.6) is 0 Å². The van der Waals surface area contributed by atoms with Crippen LogP contribution in [0.15, 0.2) is 17.8 Å². The minimum Gasteiger partial charge on any atom is -0.399 e. The van der Waals surface area contributed by atoms with E-state index < -0.39 is 0 Å². The van der Waals surface area contributed by atoms with Crippen LogP contribution in [0.4, 0.5) is 0 Å². The molecule has 0 aromatic carbocycles. The van der Waals surface area contributed by atoms with Gasteiger partial charge in [0.2, 0.25) is 0 Å². The highest BCUT2D eigenvalue weighted by molar-refractivity contribution is 5.96. The van der Waals surface area contributed by atoms with Gasteiger partial charge in [-0.2, -0.15) is 0 Å². The Morgan fingerprint density at radius 2 is 2.08 bits per heavy atom. The van der Waals surface area contributed by atoms with E-state index >= 15 is 0 Å². The highest BCUT2D eigenvalue weighted by Crippen LogP contribution is 2.25. The molecule has 1 aliphatic carbocycles. The molecule has 0 saturated heterocycles. The maximum absolute atomic E-state index is 4.76. The fraction of sp³-hybridized carbons (Fsp3) is 0.700. The van der Waals surface area contributed by atoms with Gasteiger partial charge < -0.3 is 4.84 Å². The summed E-state index contributed by atoms with van der Waals surface area (Å²) in [5, 5.41) is 3.96. The van der Waals surface area contributed by atoms with E-state index in [4.69, 9.17) is 4.84 Å². The third-order valence-electron chi connectivity index (χ3n) is 2.43. The zero-order valence-electron chi connectivity index (χ0n) is 7.75. The van der Waals surface area contributed by atoms with Crippen molar-refractivity contribution in [2.24, 2.45) is 11.1 Å². The second-order valence-corrected chi connectivity index (χ2v) is 3.24. The molecule has 0 aromatic rings. The van der Waals surface area contributed by atoms with Crippen molar-refractivity contribution >= 4 is 5.71 Å². The summed E-state index contributed by atoms with van der Waals surface area (Å²) in [7, 11) is 1.59. The third-order valence-corrected chi connectivity index (χ3v) is 2.43. The van der Waals surface area contributed by atoms with Crippen molar-refractivity contribution in [3.05, 3.63) is 12.7 Å². The van der Waals surface area contributed by atoms with Crippen molar-refractivity contribution < 1.29 is 4.84 Å². The standard InChI is InChI=1S/C10H17NO/c1-3-10(11-12-2)9-7-5-4-6-8-9/h3,9H,1,4-8H2,2H3/b11-10-. The van der Waals surface area contributed by atoms with Crippen LogP contribution in [0.1, 0.15) is 32.1 Å². The molecule has 0 unspecified atom stereocenters. The van der Waals surface area contributed by atoms with Crippen molar-refractivity contribution in [2.45, 2.75) is 32.1 Å².